The molecule has 4 heteroatoms. The lowest BCUT2D eigenvalue weighted by Gasteiger charge is -2.09. The number of aromatic nitrogens is 1. The molecular weight excluding hydrogens is 198 g/mol. The topological polar surface area (TPSA) is 50.2 Å². The second kappa shape index (κ2) is 4.55. The summed E-state index contributed by atoms with van der Waals surface area (Å²) in [6, 6.07) is 0. The van der Waals surface area contributed by atoms with Crippen LogP contribution in [0.3, 0.4) is 0 Å². The summed E-state index contributed by atoms with van der Waals surface area (Å²) < 4.78 is 0. The lowest BCUT2D eigenvalue weighted by atomic mass is 10.0. The predicted molar refractivity (Wildman–Crippen MR) is 57.1 cm³/mol. The lowest BCUT2D eigenvalue weighted by molar-refractivity contribution is 0.0689. The van der Waals surface area contributed by atoms with Gasteiger partial charge in [0, 0.05) is 4.88 Å². The van der Waals surface area contributed by atoms with Crippen LogP contribution < -0.4 is 0 Å². The van der Waals surface area contributed by atoms with E-state index in [1.54, 1.807) is 0 Å². The van der Waals surface area contributed by atoms with Crippen molar-refractivity contribution in [1.82, 2.24) is 4.98 Å². The number of nitrogens with zero attached hydrogens (tertiary/aromatic N) is 1. The first-order valence-electron chi connectivity index (χ1n) is 4.80. The molecule has 0 unspecified atom stereocenters. The highest BCUT2D eigenvalue weighted by atomic mass is 32.1. The van der Waals surface area contributed by atoms with E-state index in [9.17, 15) is 4.79 Å². The van der Waals surface area contributed by atoms with Crippen molar-refractivity contribution >= 4 is 17.3 Å². The highest BCUT2D eigenvalue weighted by molar-refractivity contribution is 7.12. The standard InChI is InChI=1S/C10H15NO2S/c1-4-7(5-2)9-8(10(12)13)11-6(3)14-9/h7H,4-5H2,1-3H3,(H,12,13). The van der Waals surface area contributed by atoms with Gasteiger partial charge in [0.1, 0.15) is 0 Å². The van der Waals surface area contributed by atoms with Gasteiger partial charge in [-0.1, -0.05) is 13.8 Å². The van der Waals surface area contributed by atoms with Crippen molar-refractivity contribution < 1.29 is 9.90 Å². The second-order valence-electron chi connectivity index (χ2n) is 3.26. The number of carboxylic acid groups (broad SMARTS) is 1. The minimum Gasteiger partial charge on any atom is -0.476 e. The number of carbonyl (C=O) groups is 1. The van der Waals surface area contributed by atoms with Gasteiger partial charge in [0.25, 0.3) is 0 Å². The van der Waals surface area contributed by atoms with Crippen LogP contribution in [-0.4, -0.2) is 16.1 Å². The van der Waals surface area contributed by atoms with Gasteiger partial charge in [0.05, 0.1) is 5.01 Å². The van der Waals surface area contributed by atoms with Crippen molar-refractivity contribution in [2.24, 2.45) is 0 Å². The van der Waals surface area contributed by atoms with E-state index in [1.165, 1.54) is 11.3 Å². The molecule has 1 aromatic heterocycles. The van der Waals surface area contributed by atoms with E-state index >= 15 is 0 Å². The Morgan fingerprint density at radius 2 is 2.07 bits per heavy atom. The van der Waals surface area contributed by atoms with Crippen LogP contribution in [0.4, 0.5) is 0 Å². The summed E-state index contributed by atoms with van der Waals surface area (Å²) in [6.07, 6.45) is 1.94. The Labute approximate surface area is 87.8 Å². The Morgan fingerprint density at radius 3 is 2.50 bits per heavy atom. The van der Waals surface area contributed by atoms with E-state index in [2.05, 4.69) is 18.8 Å². The van der Waals surface area contributed by atoms with Crippen LogP contribution >= 0.6 is 11.3 Å². The maximum absolute atomic E-state index is 10.9. The molecule has 0 aliphatic carbocycles. The van der Waals surface area contributed by atoms with Gasteiger partial charge in [-0.15, -0.1) is 11.3 Å². The minimum absolute atomic E-state index is 0.251. The van der Waals surface area contributed by atoms with Crippen LogP contribution in [0, 0.1) is 6.92 Å². The Bertz CT molecular complexity index is 329. The summed E-state index contributed by atoms with van der Waals surface area (Å²) in [5.74, 6) is -0.566. The van der Waals surface area contributed by atoms with Gasteiger partial charge in [-0.25, -0.2) is 9.78 Å². The fourth-order valence-electron chi connectivity index (χ4n) is 1.53. The van der Waals surface area contributed by atoms with Gasteiger partial charge in [-0.3, -0.25) is 0 Å². The number of carboxylic acids is 1. The van der Waals surface area contributed by atoms with Crippen LogP contribution in [0.25, 0.3) is 0 Å². The highest BCUT2D eigenvalue weighted by Crippen LogP contribution is 2.31. The number of hydrogen-bond acceptors (Lipinski definition) is 3. The number of aromatic carboxylic acids is 1. The molecule has 0 aliphatic rings. The van der Waals surface area contributed by atoms with Crippen LogP contribution in [0.2, 0.25) is 0 Å². The quantitative estimate of drug-likeness (QED) is 0.836. The molecule has 0 saturated carbocycles. The van der Waals surface area contributed by atoms with Crippen molar-refractivity contribution in [2.75, 3.05) is 0 Å². The third-order valence-corrected chi connectivity index (χ3v) is 3.45. The van der Waals surface area contributed by atoms with Gasteiger partial charge in [-0.2, -0.15) is 0 Å². The second-order valence-corrected chi connectivity index (χ2v) is 4.50. The van der Waals surface area contributed by atoms with Crippen LogP contribution in [0.15, 0.2) is 0 Å². The highest BCUT2D eigenvalue weighted by Gasteiger charge is 2.20. The third-order valence-electron chi connectivity index (χ3n) is 2.32. The molecule has 78 valence electrons. The number of aryl methyl sites for hydroxylation is 1. The van der Waals surface area contributed by atoms with Gasteiger partial charge < -0.3 is 5.11 Å². The molecule has 1 aromatic rings. The molecule has 0 fully saturated rings. The van der Waals surface area contributed by atoms with E-state index in [1.807, 2.05) is 6.92 Å². The largest absolute Gasteiger partial charge is 0.476 e. The van der Waals surface area contributed by atoms with Gasteiger partial charge in [0.15, 0.2) is 5.69 Å². The average Bonchev–Trinajstić information content (AvgIpc) is 2.50. The van der Waals surface area contributed by atoms with E-state index in [0.717, 1.165) is 22.7 Å². The molecule has 0 radical (unpaired) electrons. The monoisotopic (exact) mass is 213 g/mol. The first-order chi connectivity index (χ1) is 6.60. The Morgan fingerprint density at radius 1 is 1.50 bits per heavy atom. The van der Waals surface area contributed by atoms with Crippen molar-refractivity contribution in [3.63, 3.8) is 0 Å². The van der Waals surface area contributed by atoms with Gasteiger partial charge >= 0.3 is 5.97 Å². The summed E-state index contributed by atoms with van der Waals surface area (Å²) in [5.41, 5.74) is 0.251. The number of rotatable bonds is 4. The summed E-state index contributed by atoms with van der Waals surface area (Å²) >= 11 is 1.51. The van der Waals surface area contributed by atoms with E-state index in [-0.39, 0.29) is 5.69 Å². The minimum atomic E-state index is -0.906. The molecule has 1 heterocycles. The molecule has 0 aromatic carbocycles. The maximum Gasteiger partial charge on any atom is 0.355 e. The molecule has 0 aliphatic heterocycles. The average molecular weight is 213 g/mol. The molecule has 14 heavy (non-hydrogen) atoms. The Hall–Kier alpha value is -0.900. The molecule has 0 spiro atoms. The zero-order chi connectivity index (χ0) is 10.7. The smallest absolute Gasteiger partial charge is 0.355 e. The van der Waals surface area contributed by atoms with E-state index in [0.29, 0.717) is 5.92 Å². The first kappa shape index (κ1) is 11.2. The molecule has 0 atom stereocenters. The molecular formula is C10H15NO2S. The van der Waals surface area contributed by atoms with Crippen LogP contribution in [0.1, 0.15) is 53.0 Å². The van der Waals surface area contributed by atoms with Crippen molar-refractivity contribution in [3.8, 4) is 0 Å². The maximum atomic E-state index is 10.9. The number of thiazole rings is 1. The molecule has 1 rings (SSSR count). The fourth-order valence-corrected chi connectivity index (χ4v) is 2.72. The summed E-state index contributed by atoms with van der Waals surface area (Å²) in [4.78, 5) is 15.9. The molecule has 3 nitrogen and oxygen atoms in total. The fraction of sp³-hybridized carbons (Fsp3) is 0.600. The van der Waals surface area contributed by atoms with Crippen molar-refractivity contribution in [1.29, 1.82) is 0 Å². The number of hydrogen-bond donors (Lipinski definition) is 1. The van der Waals surface area contributed by atoms with Gasteiger partial charge in [-0.05, 0) is 25.7 Å². The van der Waals surface area contributed by atoms with Crippen molar-refractivity contribution in [2.45, 2.75) is 39.5 Å². The van der Waals surface area contributed by atoms with Crippen molar-refractivity contribution in [3.05, 3.63) is 15.6 Å². The Balaban J connectivity index is 3.11. The third kappa shape index (κ3) is 2.12. The molecule has 0 saturated heterocycles. The molecule has 0 bridgehead atoms. The zero-order valence-corrected chi connectivity index (χ0v) is 9.52. The van der Waals surface area contributed by atoms with E-state index < -0.39 is 5.97 Å². The summed E-state index contributed by atoms with van der Waals surface area (Å²) in [6.45, 7) is 6.01. The lowest BCUT2D eigenvalue weighted by Crippen LogP contribution is -2.04. The van der Waals surface area contributed by atoms with Crippen LogP contribution in [0.5, 0.6) is 0 Å². The predicted octanol–water partition coefficient (Wildman–Crippen LogP) is 3.05. The molecule has 1 N–H and O–H groups in total. The first-order valence-corrected chi connectivity index (χ1v) is 5.62. The van der Waals surface area contributed by atoms with E-state index in [4.69, 9.17) is 5.11 Å². The normalized spacial score (nSPS) is 10.9. The van der Waals surface area contributed by atoms with Gasteiger partial charge in [0.2, 0.25) is 0 Å². The summed E-state index contributed by atoms with van der Waals surface area (Å²) in [7, 11) is 0. The zero-order valence-electron chi connectivity index (χ0n) is 8.70. The summed E-state index contributed by atoms with van der Waals surface area (Å²) in [5, 5.41) is 9.80. The van der Waals surface area contributed by atoms with Crippen LogP contribution in [-0.2, 0) is 0 Å². The SMILES string of the molecule is CCC(CC)c1sc(C)nc1C(=O)O. The Kier molecular flexibility index (Phi) is 3.63. The molecule has 0 amide bonds.